The van der Waals surface area contributed by atoms with Crippen LogP contribution in [0.2, 0.25) is 0 Å². The number of hydrogen-bond donors (Lipinski definition) is 1. The summed E-state index contributed by atoms with van der Waals surface area (Å²) in [6, 6.07) is 4.27. The Morgan fingerprint density at radius 3 is 2.84 bits per heavy atom. The normalized spacial score (nSPS) is 10.5. The lowest BCUT2D eigenvalue weighted by atomic mass is 10.1. The van der Waals surface area contributed by atoms with E-state index in [0.29, 0.717) is 12.2 Å². The van der Waals surface area contributed by atoms with Crippen LogP contribution in [0.3, 0.4) is 0 Å². The van der Waals surface area contributed by atoms with Crippen LogP contribution in [0.25, 0.3) is 11.3 Å². The smallest absolute Gasteiger partial charge is 0.354 e. The van der Waals surface area contributed by atoms with Crippen molar-refractivity contribution in [3.8, 4) is 17.0 Å². The van der Waals surface area contributed by atoms with Crippen molar-refractivity contribution in [2.45, 2.75) is 6.92 Å². The minimum absolute atomic E-state index is 0.0172. The van der Waals surface area contributed by atoms with E-state index in [1.807, 2.05) is 0 Å². The Labute approximate surface area is 109 Å². The highest BCUT2D eigenvalue weighted by Crippen LogP contribution is 2.27. The first-order valence-electron chi connectivity index (χ1n) is 5.72. The van der Waals surface area contributed by atoms with Crippen LogP contribution in [0.1, 0.15) is 17.4 Å². The van der Waals surface area contributed by atoms with E-state index in [1.165, 1.54) is 23.0 Å². The number of aryl methyl sites for hydroxylation is 1. The highest BCUT2D eigenvalue weighted by Gasteiger charge is 2.18. The summed E-state index contributed by atoms with van der Waals surface area (Å²) in [5.41, 5.74) is 0.652. The molecule has 2 aromatic rings. The Morgan fingerprint density at radius 2 is 2.26 bits per heavy atom. The van der Waals surface area contributed by atoms with Gasteiger partial charge in [0.15, 0.2) is 17.3 Å². The molecule has 19 heavy (non-hydrogen) atoms. The summed E-state index contributed by atoms with van der Waals surface area (Å²) >= 11 is 0. The average molecular weight is 264 g/mol. The summed E-state index contributed by atoms with van der Waals surface area (Å²) in [5.74, 6) is -1.51. The van der Waals surface area contributed by atoms with E-state index >= 15 is 0 Å². The number of hydrogen-bond acceptors (Lipinski definition) is 3. The van der Waals surface area contributed by atoms with Gasteiger partial charge in [-0.2, -0.15) is 0 Å². The van der Waals surface area contributed by atoms with Crippen LogP contribution in [0.4, 0.5) is 4.39 Å². The molecule has 0 aliphatic carbocycles. The van der Waals surface area contributed by atoms with Gasteiger partial charge in [0.05, 0.1) is 12.9 Å². The van der Waals surface area contributed by atoms with Crippen molar-refractivity contribution in [2.24, 2.45) is 7.05 Å². The number of ether oxygens (including phenoxy) is 1. The monoisotopic (exact) mass is 264 g/mol. The number of carbonyl (C=O) groups is 1. The van der Waals surface area contributed by atoms with Gasteiger partial charge in [-0.15, -0.1) is 0 Å². The zero-order valence-electron chi connectivity index (χ0n) is 10.6. The third kappa shape index (κ3) is 2.42. The molecule has 1 heterocycles. The summed E-state index contributed by atoms with van der Waals surface area (Å²) in [5, 5.41) is 9.13. The van der Waals surface area contributed by atoms with Gasteiger partial charge in [-0.05, 0) is 25.1 Å². The molecular formula is C13H13FN2O3. The number of carboxylic acid groups (broad SMARTS) is 1. The summed E-state index contributed by atoms with van der Waals surface area (Å²) < 4.78 is 20.2. The zero-order valence-corrected chi connectivity index (χ0v) is 10.6. The molecule has 1 aromatic heterocycles. The van der Waals surface area contributed by atoms with Crippen LogP contribution in [-0.4, -0.2) is 27.2 Å². The molecule has 6 heteroatoms. The number of halogens is 1. The molecule has 0 aliphatic rings. The number of aromatic carboxylic acids is 1. The van der Waals surface area contributed by atoms with Gasteiger partial charge in [-0.1, -0.05) is 0 Å². The van der Waals surface area contributed by atoms with Gasteiger partial charge in [0.1, 0.15) is 5.69 Å². The van der Waals surface area contributed by atoms with E-state index in [4.69, 9.17) is 9.84 Å². The number of imidazole rings is 1. The number of benzene rings is 1. The van der Waals surface area contributed by atoms with Gasteiger partial charge >= 0.3 is 5.97 Å². The second-order valence-electron chi connectivity index (χ2n) is 3.94. The lowest BCUT2D eigenvalue weighted by Crippen LogP contribution is -2.05. The Bertz CT molecular complexity index is 622. The molecule has 100 valence electrons. The Kier molecular flexibility index (Phi) is 3.50. The van der Waals surface area contributed by atoms with Crippen LogP contribution >= 0.6 is 0 Å². The van der Waals surface area contributed by atoms with E-state index < -0.39 is 11.8 Å². The molecule has 1 aromatic carbocycles. The maximum Gasteiger partial charge on any atom is 0.354 e. The summed E-state index contributed by atoms with van der Waals surface area (Å²) in [6.45, 7) is 2.12. The minimum atomic E-state index is -1.11. The minimum Gasteiger partial charge on any atom is -0.491 e. The summed E-state index contributed by atoms with van der Waals surface area (Å²) in [7, 11) is 1.57. The molecule has 0 unspecified atom stereocenters. The number of nitrogens with zero attached hydrogens (tertiary/aromatic N) is 2. The quantitative estimate of drug-likeness (QED) is 0.920. The van der Waals surface area contributed by atoms with E-state index in [1.54, 1.807) is 20.0 Å². The van der Waals surface area contributed by atoms with Crippen LogP contribution < -0.4 is 4.74 Å². The second-order valence-corrected chi connectivity index (χ2v) is 3.94. The number of carboxylic acids is 1. The average Bonchev–Trinajstić information content (AvgIpc) is 2.74. The van der Waals surface area contributed by atoms with E-state index in [-0.39, 0.29) is 17.1 Å². The zero-order chi connectivity index (χ0) is 14.0. The lowest BCUT2D eigenvalue weighted by molar-refractivity contribution is 0.0687. The topological polar surface area (TPSA) is 64.4 Å². The van der Waals surface area contributed by atoms with E-state index in [2.05, 4.69) is 4.98 Å². The molecule has 0 atom stereocenters. The van der Waals surface area contributed by atoms with Crippen LogP contribution in [0.15, 0.2) is 24.5 Å². The Hall–Kier alpha value is -2.37. The Morgan fingerprint density at radius 1 is 1.53 bits per heavy atom. The molecule has 0 saturated heterocycles. The van der Waals surface area contributed by atoms with Gasteiger partial charge < -0.3 is 14.4 Å². The van der Waals surface area contributed by atoms with Crippen LogP contribution in [0.5, 0.6) is 5.75 Å². The van der Waals surface area contributed by atoms with Crippen LogP contribution in [-0.2, 0) is 7.05 Å². The molecule has 0 fully saturated rings. The molecule has 5 nitrogen and oxygen atoms in total. The van der Waals surface area contributed by atoms with Gasteiger partial charge in [-0.25, -0.2) is 14.2 Å². The molecule has 0 bridgehead atoms. The molecule has 0 aliphatic heterocycles. The third-order valence-electron chi connectivity index (χ3n) is 2.64. The molecule has 2 rings (SSSR count). The van der Waals surface area contributed by atoms with Crippen molar-refractivity contribution in [3.63, 3.8) is 0 Å². The maximum atomic E-state index is 13.8. The van der Waals surface area contributed by atoms with Crippen molar-refractivity contribution in [1.82, 2.24) is 9.55 Å². The maximum absolute atomic E-state index is 13.8. The van der Waals surface area contributed by atoms with Crippen molar-refractivity contribution >= 4 is 5.97 Å². The highest BCUT2D eigenvalue weighted by atomic mass is 19.1. The fraction of sp³-hybridized carbons (Fsp3) is 0.231. The first-order valence-corrected chi connectivity index (χ1v) is 5.72. The molecule has 1 N–H and O–H groups in total. The fourth-order valence-corrected chi connectivity index (χ4v) is 1.81. The van der Waals surface area contributed by atoms with Gasteiger partial charge in [0.2, 0.25) is 0 Å². The molecule has 0 saturated carbocycles. The van der Waals surface area contributed by atoms with E-state index in [9.17, 15) is 9.18 Å². The Balaban J connectivity index is 2.48. The first kappa shape index (κ1) is 13.1. The highest BCUT2D eigenvalue weighted by molar-refractivity contribution is 5.93. The number of aromatic nitrogens is 2. The molecule has 0 amide bonds. The van der Waals surface area contributed by atoms with Gasteiger partial charge in [0.25, 0.3) is 0 Å². The second kappa shape index (κ2) is 5.09. The largest absolute Gasteiger partial charge is 0.491 e. The summed E-state index contributed by atoms with van der Waals surface area (Å²) in [6.07, 6.45) is 1.38. The van der Waals surface area contributed by atoms with Crippen molar-refractivity contribution in [2.75, 3.05) is 6.61 Å². The predicted octanol–water partition coefficient (Wildman–Crippen LogP) is 2.32. The number of rotatable bonds is 4. The fourth-order valence-electron chi connectivity index (χ4n) is 1.81. The van der Waals surface area contributed by atoms with Gasteiger partial charge in [0, 0.05) is 12.6 Å². The van der Waals surface area contributed by atoms with Crippen LogP contribution in [0, 0.1) is 5.82 Å². The molecule has 0 radical (unpaired) electrons. The standard InChI is InChI=1S/C13H13FN2O3/c1-3-19-10-5-4-8(6-9(10)14)11-12(13(17)18)16(2)7-15-11/h4-7H,3H2,1-2H3,(H,17,18). The van der Waals surface area contributed by atoms with E-state index in [0.717, 1.165) is 0 Å². The van der Waals surface area contributed by atoms with Crippen molar-refractivity contribution < 1.29 is 19.0 Å². The molecular weight excluding hydrogens is 251 g/mol. The summed E-state index contributed by atoms with van der Waals surface area (Å²) in [4.78, 5) is 15.2. The van der Waals surface area contributed by atoms with Gasteiger partial charge in [-0.3, -0.25) is 0 Å². The first-order chi connectivity index (χ1) is 9.04. The lowest BCUT2D eigenvalue weighted by Gasteiger charge is -2.06. The third-order valence-corrected chi connectivity index (χ3v) is 2.64. The van der Waals surface area contributed by atoms with Crippen molar-refractivity contribution in [1.29, 1.82) is 0 Å². The molecule has 0 spiro atoms. The SMILES string of the molecule is CCOc1ccc(-c2ncn(C)c2C(=O)O)cc1F. The predicted molar refractivity (Wildman–Crippen MR) is 66.7 cm³/mol. The van der Waals surface area contributed by atoms with Crippen molar-refractivity contribution in [3.05, 3.63) is 36.0 Å².